The van der Waals surface area contributed by atoms with Crippen molar-refractivity contribution >= 4 is 23.0 Å². The summed E-state index contributed by atoms with van der Waals surface area (Å²) < 4.78 is 0. The summed E-state index contributed by atoms with van der Waals surface area (Å²) in [5.74, 6) is 2.04. The van der Waals surface area contributed by atoms with E-state index >= 15 is 0 Å². The summed E-state index contributed by atoms with van der Waals surface area (Å²) >= 11 is 1.82. The highest BCUT2D eigenvalue weighted by Crippen LogP contribution is 2.33. The molecular weight excluding hydrogens is 278 g/mol. The molecule has 1 saturated carbocycles. The van der Waals surface area contributed by atoms with Crippen LogP contribution in [-0.4, -0.2) is 16.6 Å². The molecule has 1 fully saturated rings. The second-order valence-corrected chi connectivity index (χ2v) is 7.73. The minimum Gasteiger partial charge on any atom is -0.365 e. The van der Waals surface area contributed by atoms with Crippen LogP contribution in [0.5, 0.6) is 0 Å². The lowest BCUT2D eigenvalue weighted by molar-refractivity contribution is 0.630. The van der Waals surface area contributed by atoms with Gasteiger partial charge in [-0.2, -0.15) is 0 Å². The molecule has 21 heavy (non-hydrogen) atoms. The highest BCUT2D eigenvalue weighted by molar-refractivity contribution is 7.09. The molecule has 1 aliphatic carbocycles. The van der Waals surface area contributed by atoms with Crippen molar-refractivity contribution in [3.63, 3.8) is 0 Å². The standard InChI is InChI=1S/C17H23N3S/c1-17(2,3)19-15-7-4-8-16(18-15)20(13-9-10-13)12-14-6-5-11-21-14/h4-8,11,13H,9-10,12H2,1-3H3,(H,18,19). The average Bonchev–Trinajstić information content (AvgIpc) is 3.11. The average molecular weight is 301 g/mol. The third kappa shape index (κ3) is 3.97. The smallest absolute Gasteiger partial charge is 0.131 e. The number of pyridine rings is 1. The zero-order valence-corrected chi connectivity index (χ0v) is 13.8. The monoisotopic (exact) mass is 301 g/mol. The summed E-state index contributed by atoms with van der Waals surface area (Å²) in [5.41, 5.74) is 0.0315. The molecule has 1 N–H and O–H groups in total. The van der Waals surface area contributed by atoms with E-state index in [1.165, 1.54) is 17.7 Å². The van der Waals surface area contributed by atoms with Crippen LogP contribution in [0.4, 0.5) is 11.6 Å². The van der Waals surface area contributed by atoms with Gasteiger partial charge in [-0.15, -0.1) is 11.3 Å². The molecule has 0 aromatic carbocycles. The Bertz CT molecular complexity index is 582. The van der Waals surface area contributed by atoms with Crippen molar-refractivity contribution in [1.82, 2.24) is 4.98 Å². The van der Waals surface area contributed by atoms with E-state index in [1.54, 1.807) is 0 Å². The van der Waals surface area contributed by atoms with Crippen LogP contribution in [0.15, 0.2) is 35.7 Å². The van der Waals surface area contributed by atoms with Gasteiger partial charge in [0.15, 0.2) is 0 Å². The highest BCUT2D eigenvalue weighted by atomic mass is 32.1. The van der Waals surface area contributed by atoms with Gasteiger partial charge in [0, 0.05) is 16.5 Å². The van der Waals surface area contributed by atoms with Gasteiger partial charge in [-0.05, 0) is 57.2 Å². The van der Waals surface area contributed by atoms with Crippen LogP contribution in [0.25, 0.3) is 0 Å². The van der Waals surface area contributed by atoms with Gasteiger partial charge in [0.1, 0.15) is 11.6 Å². The third-order valence-corrected chi connectivity index (χ3v) is 4.29. The van der Waals surface area contributed by atoms with Gasteiger partial charge in [0.25, 0.3) is 0 Å². The molecule has 0 amide bonds. The Morgan fingerprint density at radius 1 is 1.24 bits per heavy atom. The molecular formula is C17H23N3S. The van der Waals surface area contributed by atoms with Crippen molar-refractivity contribution in [2.24, 2.45) is 0 Å². The summed E-state index contributed by atoms with van der Waals surface area (Å²) in [6.45, 7) is 7.44. The predicted molar refractivity (Wildman–Crippen MR) is 91.1 cm³/mol. The molecule has 0 aliphatic heterocycles. The fourth-order valence-corrected chi connectivity index (χ4v) is 3.09. The van der Waals surface area contributed by atoms with Crippen LogP contribution in [0, 0.1) is 0 Å². The van der Waals surface area contributed by atoms with E-state index in [0.29, 0.717) is 6.04 Å². The Morgan fingerprint density at radius 2 is 2.05 bits per heavy atom. The van der Waals surface area contributed by atoms with Crippen LogP contribution < -0.4 is 10.2 Å². The lowest BCUT2D eigenvalue weighted by atomic mass is 10.1. The van der Waals surface area contributed by atoms with E-state index in [4.69, 9.17) is 4.98 Å². The van der Waals surface area contributed by atoms with Gasteiger partial charge in [-0.1, -0.05) is 12.1 Å². The number of hydrogen-bond donors (Lipinski definition) is 1. The number of rotatable bonds is 5. The molecule has 3 rings (SSSR count). The molecule has 4 heteroatoms. The number of nitrogens with zero attached hydrogens (tertiary/aromatic N) is 2. The Balaban J connectivity index is 1.81. The molecule has 112 valence electrons. The van der Waals surface area contributed by atoms with Crippen LogP contribution in [-0.2, 0) is 6.54 Å². The van der Waals surface area contributed by atoms with Gasteiger partial charge in [0.2, 0.25) is 0 Å². The normalized spacial score (nSPS) is 15.0. The maximum Gasteiger partial charge on any atom is 0.131 e. The molecule has 2 aromatic heterocycles. The first-order valence-electron chi connectivity index (χ1n) is 7.55. The molecule has 0 bridgehead atoms. The zero-order chi connectivity index (χ0) is 14.9. The molecule has 2 heterocycles. The fraction of sp³-hybridized carbons (Fsp3) is 0.471. The first-order valence-corrected chi connectivity index (χ1v) is 8.43. The topological polar surface area (TPSA) is 28.2 Å². The summed E-state index contributed by atoms with van der Waals surface area (Å²) in [6, 6.07) is 11.3. The Hall–Kier alpha value is -1.55. The van der Waals surface area contributed by atoms with E-state index in [1.807, 2.05) is 17.4 Å². The van der Waals surface area contributed by atoms with E-state index < -0.39 is 0 Å². The third-order valence-electron chi connectivity index (χ3n) is 3.43. The van der Waals surface area contributed by atoms with E-state index in [9.17, 15) is 0 Å². The minimum absolute atomic E-state index is 0.0315. The van der Waals surface area contributed by atoms with E-state index in [0.717, 1.165) is 18.2 Å². The van der Waals surface area contributed by atoms with Crippen LogP contribution in [0.3, 0.4) is 0 Å². The summed E-state index contributed by atoms with van der Waals surface area (Å²) in [7, 11) is 0. The van der Waals surface area contributed by atoms with Gasteiger partial charge in [-0.25, -0.2) is 4.98 Å². The van der Waals surface area contributed by atoms with E-state index in [2.05, 4.69) is 60.6 Å². The van der Waals surface area contributed by atoms with Gasteiger partial charge < -0.3 is 10.2 Å². The Labute approximate surface area is 131 Å². The van der Waals surface area contributed by atoms with Gasteiger partial charge in [0.05, 0.1) is 6.54 Å². The summed E-state index contributed by atoms with van der Waals surface area (Å²) in [5, 5.41) is 5.60. The Kier molecular flexibility index (Phi) is 3.89. The zero-order valence-electron chi connectivity index (χ0n) is 13.0. The van der Waals surface area contributed by atoms with Crippen molar-refractivity contribution < 1.29 is 0 Å². The lowest BCUT2D eigenvalue weighted by Gasteiger charge is -2.25. The minimum atomic E-state index is 0.0315. The summed E-state index contributed by atoms with van der Waals surface area (Å²) in [4.78, 5) is 8.66. The molecule has 0 saturated heterocycles. The maximum atomic E-state index is 4.82. The maximum absolute atomic E-state index is 4.82. The Morgan fingerprint density at radius 3 is 2.67 bits per heavy atom. The molecule has 0 spiro atoms. The quantitative estimate of drug-likeness (QED) is 0.880. The SMILES string of the molecule is CC(C)(C)Nc1cccc(N(Cc2cccs2)C2CC2)n1. The summed E-state index contributed by atoms with van der Waals surface area (Å²) in [6.07, 6.45) is 2.56. The number of aromatic nitrogens is 1. The highest BCUT2D eigenvalue weighted by Gasteiger charge is 2.30. The van der Waals surface area contributed by atoms with Crippen LogP contribution in [0.2, 0.25) is 0 Å². The predicted octanol–water partition coefficient (Wildman–Crippen LogP) is 4.52. The largest absolute Gasteiger partial charge is 0.365 e. The van der Waals surface area contributed by atoms with Gasteiger partial charge in [-0.3, -0.25) is 0 Å². The molecule has 3 nitrogen and oxygen atoms in total. The number of hydrogen-bond acceptors (Lipinski definition) is 4. The fourth-order valence-electron chi connectivity index (χ4n) is 2.39. The van der Waals surface area contributed by atoms with E-state index in [-0.39, 0.29) is 5.54 Å². The first-order chi connectivity index (χ1) is 10.0. The van der Waals surface area contributed by atoms with Crippen molar-refractivity contribution in [2.45, 2.75) is 51.7 Å². The molecule has 2 aromatic rings. The van der Waals surface area contributed by atoms with Crippen molar-refractivity contribution in [2.75, 3.05) is 10.2 Å². The number of anilines is 2. The van der Waals surface area contributed by atoms with Crippen molar-refractivity contribution in [3.05, 3.63) is 40.6 Å². The second-order valence-electron chi connectivity index (χ2n) is 6.69. The van der Waals surface area contributed by atoms with Crippen LogP contribution in [0.1, 0.15) is 38.5 Å². The lowest BCUT2D eigenvalue weighted by Crippen LogP contribution is -2.28. The number of thiophene rings is 1. The van der Waals surface area contributed by atoms with Crippen molar-refractivity contribution in [1.29, 1.82) is 0 Å². The van der Waals surface area contributed by atoms with Gasteiger partial charge >= 0.3 is 0 Å². The number of nitrogens with one attached hydrogen (secondary N) is 1. The van der Waals surface area contributed by atoms with Crippen LogP contribution >= 0.6 is 11.3 Å². The molecule has 1 aliphatic rings. The second kappa shape index (κ2) is 5.68. The molecule has 0 radical (unpaired) electrons. The van der Waals surface area contributed by atoms with Crippen molar-refractivity contribution in [3.8, 4) is 0 Å². The molecule has 0 atom stereocenters. The molecule has 0 unspecified atom stereocenters. The first kappa shape index (κ1) is 14.4.